The van der Waals surface area contributed by atoms with E-state index < -0.39 is 0 Å². The fourth-order valence-electron chi connectivity index (χ4n) is 0.783. The summed E-state index contributed by atoms with van der Waals surface area (Å²) >= 11 is 0. The van der Waals surface area contributed by atoms with E-state index in [1.165, 1.54) is 18.4 Å². The molecule has 1 heteroatoms. The Morgan fingerprint density at radius 1 is 1.56 bits per heavy atom. The molecular formula is C8H13N. The molecule has 0 aromatic heterocycles. The first-order chi connectivity index (χ1) is 4.34. The first-order valence-corrected chi connectivity index (χ1v) is 3.37. The van der Waals surface area contributed by atoms with Crippen molar-refractivity contribution in [2.75, 3.05) is 7.05 Å². The molecule has 0 aromatic rings. The third-order valence-corrected chi connectivity index (χ3v) is 1.56. The lowest BCUT2D eigenvalue weighted by atomic mass is 10.3. The fourth-order valence-corrected chi connectivity index (χ4v) is 0.783. The van der Waals surface area contributed by atoms with Crippen molar-refractivity contribution < 1.29 is 0 Å². The predicted molar refractivity (Wildman–Crippen MR) is 40.1 cm³/mol. The van der Waals surface area contributed by atoms with Gasteiger partial charge in [0.2, 0.25) is 0 Å². The Labute approximate surface area is 56.5 Å². The largest absolute Gasteiger partial charge is 0.394 e. The molecule has 1 rings (SSSR count). The van der Waals surface area contributed by atoms with Crippen molar-refractivity contribution in [1.29, 1.82) is 0 Å². The van der Waals surface area contributed by atoms with E-state index in [-0.39, 0.29) is 0 Å². The number of rotatable bonds is 2. The molecule has 9 heavy (non-hydrogen) atoms. The molecule has 0 aliphatic heterocycles. The van der Waals surface area contributed by atoms with Crippen LogP contribution >= 0.6 is 0 Å². The second kappa shape index (κ2) is 2.72. The quantitative estimate of drug-likeness (QED) is 0.590. The lowest BCUT2D eigenvalue weighted by Crippen LogP contribution is -1.90. The van der Waals surface area contributed by atoms with E-state index in [0.29, 0.717) is 0 Å². The Morgan fingerprint density at radius 2 is 2.22 bits per heavy atom. The molecule has 1 N–H and O–H groups in total. The van der Waals surface area contributed by atoms with E-state index in [2.05, 4.69) is 18.3 Å². The summed E-state index contributed by atoms with van der Waals surface area (Å²) in [6, 6.07) is 0. The van der Waals surface area contributed by atoms with Gasteiger partial charge in [-0.25, -0.2) is 0 Å². The average molecular weight is 123 g/mol. The van der Waals surface area contributed by atoms with Crippen LogP contribution in [-0.4, -0.2) is 7.05 Å². The first-order valence-electron chi connectivity index (χ1n) is 3.37. The van der Waals surface area contributed by atoms with Gasteiger partial charge in [0.05, 0.1) is 0 Å². The maximum atomic E-state index is 2.97. The van der Waals surface area contributed by atoms with E-state index in [1.54, 1.807) is 5.57 Å². The highest BCUT2D eigenvalue weighted by Gasteiger charge is 2.12. The number of hydrogen-bond acceptors (Lipinski definition) is 1. The molecule has 0 atom stereocenters. The van der Waals surface area contributed by atoms with Crippen molar-refractivity contribution in [3.8, 4) is 0 Å². The van der Waals surface area contributed by atoms with Gasteiger partial charge < -0.3 is 5.32 Å². The molecule has 1 nitrogen and oxygen atoms in total. The normalized spacial score (nSPS) is 16.4. The highest BCUT2D eigenvalue weighted by Crippen LogP contribution is 2.31. The van der Waals surface area contributed by atoms with Crippen molar-refractivity contribution in [2.45, 2.75) is 19.8 Å². The Kier molecular flexibility index (Phi) is 1.93. The lowest BCUT2D eigenvalue weighted by molar-refractivity contribution is 1.10. The van der Waals surface area contributed by atoms with Crippen LogP contribution in [0.25, 0.3) is 0 Å². The van der Waals surface area contributed by atoms with Gasteiger partial charge in [-0.3, -0.25) is 0 Å². The molecule has 1 aliphatic rings. The van der Waals surface area contributed by atoms with Gasteiger partial charge in [-0.2, -0.15) is 0 Å². The summed E-state index contributed by atoms with van der Waals surface area (Å²) in [6.07, 6.45) is 6.74. The predicted octanol–water partition coefficient (Wildman–Crippen LogP) is 1.83. The van der Waals surface area contributed by atoms with E-state index in [9.17, 15) is 0 Å². The van der Waals surface area contributed by atoms with Crippen molar-refractivity contribution in [3.05, 3.63) is 23.4 Å². The van der Waals surface area contributed by atoms with Gasteiger partial charge in [0.1, 0.15) is 0 Å². The Morgan fingerprint density at radius 3 is 2.67 bits per heavy atom. The first kappa shape index (κ1) is 6.40. The molecular weight excluding hydrogens is 110 g/mol. The highest BCUT2D eigenvalue weighted by atomic mass is 14.8. The Bertz CT molecular complexity index is 148. The summed E-state index contributed by atoms with van der Waals surface area (Å²) in [6.45, 7) is 2.16. The minimum Gasteiger partial charge on any atom is -0.394 e. The van der Waals surface area contributed by atoms with Crippen molar-refractivity contribution in [3.63, 3.8) is 0 Å². The molecule has 0 saturated heterocycles. The lowest BCUT2D eigenvalue weighted by Gasteiger charge is -1.87. The zero-order valence-corrected chi connectivity index (χ0v) is 6.07. The molecule has 0 bridgehead atoms. The summed E-state index contributed by atoms with van der Waals surface area (Å²) < 4.78 is 0. The minimum atomic E-state index is 1.32. The van der Waals surface area contributed by atoms with Crippen LogP contribution in [0.3, 0.4) is 0 Å². The van der Waals surface area contributed by atoms with Crippen LogP contribution in [0, 0.1) is 0 Å². The van der Waals surface area contributed by atoms with Gasteiger partial charge in [0.15, 0.2) is 0 Å². The van der Waals surface area contributed by atoms with E-state index >= 15 is 0 Å². The third kappa shape index (κ3) is 1.92. The van der Waals surface area contributed by atoms with Crippen LogP contribution in [0.5, 0.6) is 0 Å². The van der Waals surface area contributed by atoms with Gasteiger partial charge in [0, 0.05) is 7.05 Å². The molecule has 1 aliphatic carbocycles. The van der Waals surface area contributed by atoms with Crippen LogP contribution < -0.4 is 5.32 Å². The summed E-state index contributed by atoms with van der Waals surface area (Å²) in [4.78, 5) is 0. The average Bonchev–Trinajstić information content (AvgIpc) is 2.63. The standard InChI is InChI=1S/C8H13N/c1-7(5-6-9-2)8-3-4-8/h5-6,9H,3-4H2,1-2H3/b6-5+. The van der Waals surface area contributed by atoms with Gasteiger partial charge in [-0.1, -0.05) is 11.1 Å². The van der Waals surface area contributed by atoms with E-state index in [0.717, 1.165) is 0 Å². The maximum Gasteiger partial charge on any atom is 0.00277 e. The minimum absolute atomic E-state index is 1.32. The summed E-state index contributed by atoms with van der Waals surface area (Å²) in [7, 11) is 1.92. The second-order valence-corrected chi connectivity index (χ2v) is 2.41. The molecule has 0 aromatic carbocycles. The zero-order valence-electron chi connectivity index (χ0n) is 6.07. The van der Waals surface area contributed by atoms with E-state index in [1.807, 2.05) is 13.2 Å². The van der Waals surface area contributed by atoms with Crippen LogP contribution in [0.1, 0.15) is 19.8 Å². The van der Waals surface area contributed by atoms with Crippen molar-refractivity contribution in [1.82, 2.24) is 5.32 Å². The van der Waals surface area contributed by atoms with Crippen LogP contribution in [-0.2, 0) is 0 Å². The molecule has 1 saturated carbocycles. The van der Waals surface area contributed by atoms with Crippen LogP contribution in [0.2, 0.25) is 0 Å². The molecule has 1 fully saturated rings. The molecule has 0 amide bonds. The number of nitrogens with one attached hydrogen (secondary N) is 1. The summed E-state index contributed by atoms with van der Waals surface area (Å²) in [5, 5.41) is 2.97. The maximum absolute atomic E-state index is 2.97. The van der Waals surface area contributed by atoms with E-state index in [4.69, 9.17) is 0 Å². The van der Waals surface area contributed by atoms with Crippen molar-refractivity contribution in [2.24, 2.45) is 0 Å². The smallest absolute Gasteiger partial charge is 0.00277 e. The van der Waals surface area contributed by atoms with Crippen LogP contribution in [0.4, 0.5) is 0 Å². The second-order valence-electron chi connectivity index (χ2n) is 2.41. The molecule has 50 valence electrons. The molecule has 0 radical (unpaired) electrons. The monoisotopic (exact) mass is 123 g/mol. The van der Waals surface area contributed by atoms with Crippen LogP contribution in [0.15, 0.2) is 23.4 Å². The highest BCUT2D eigenvalue weighted by molar-refractivity contribution is 5.31. The van der Waals surface area contributed by atoms with Crippen molar-refractivity contribution >= 4 is 0 Å². The summed E-state index contributed by atoms with van der Waals surface area (Å²) in [5.41, 5.74) is 3.05. The van der Waals surface area contributed by atoms with Gasteiger partial charge in [-0.05, 0) is 32.0 Å². The Hall–Kier alpha value is -0.720. The van der Waals surface area contributed by atoms with Gasteiger partial charge in [0.25, 0.3) is 0 Å². The zero-order chi connectivity index (χ0) is 6.69. The molecule has 0 unspecified atom stereocenters. The topological polar surface area (TPSA) is 12.0 Å². The third-order valence-electron chi connectivity index (χ3n) is 1.56. The number of hydrogen-bond donors (Lipinski definition) is 1. The fraction of sp³-hybridized carbons (Fsp3) is 0.500. The summed E-state index contributed by atoms with van der Waals surface area (Å²) in [5.74, 6) is 0. The molecule has 0 spiro atoms. The van der Waals surface area contributed by atoms with Gasteiger partial charge >= 0.3 is 0 Å². The Balaban J connectivity index is 2.43. The van der Waals surface area contributed by atoms with Gasteiger partial charge in [-0.15, -0.1) is 0 Å². The SMILES string of the molecule is CN/C=C/C(C)=C1CC1. The molecule has 0 heterocycles. The number of allylic oxidation sites excluding steroid dienone is 3.